The van der Waals surface area contributed by atoms with Crippen LogP contribution in [0.15, 0.2) is 0 Å². The summed E-state index contributed by atoms with van der Waals surface area (Å²) in [6.07, 6.45) is 4.33. The minimum absolute atomic E-state index is 0.349. The van der Waals surface area contributed by atoms with Crippen LogP contribution in [0.4, 0.5) is 11.8 Å². The van der Waals surface area contributed by atoms with Crippen LogP contribution in [0.1, 0.15) is 58.2 Å². The van der Waals surface area contributed by atoms with Crippen molar-refractivity contribution in [3.05, 3.63) is 11.3 Å². The molecule has 1 fully saturated rings. The normalized spacial score (nSPS) is 13.8. The molecule has 1 aromatic heterocycles. The lowest BCUT2D eigenvalue weighted by molar-refractivity contribution is 0.0374. The van der Waals surface area contributed by atoms with Gasteiger partial charge in [-0.1, -0.05) is 27.7 Å². The van der Waals surface area contributed by atoms with Crippen molar-refractivity contribution in [2.24, 2.45) is 0 Å². The lowest BCUT2D eigenvalue weighted by atomic mass is 10.1. The third-order valence-electron chi connectivity index (χ3n) is 4.38. The van der Waals surface area contributed by atoms with Crippen molar-refractivity contribution in [3.63, 3.8) is 0 Å². The highest BCUT2D eigenvalue weighted by atomic mass is 16.5. The van der Waals surface area contributed by atoms with Crippen LogP contribution in [0.25, 0.3) is 0 Å². The number of aromatic nitrogens is 2. The average Bonchev–Trinajstić information content (AvgIpc) is 2.73. The Balaban J connectivity index is 0.00000171. The van der Waals surface area contributed by atoms with Crippen molar-refractivity contribution >= 4 is 11.8 Å². The number of nitrogen functional groups attached to an aromatic ring is 1. The highest BCUT2D eigenvalue weighted by Crippen LogP contribution is 2.19. The maximum atomic E-state index is 5.83. The number of unbranched alkanes of at least 4 members (excludes halogenated alkanes) is 1. The van der Waals surface area contributed by atoms with Crippen molar-refractivity contribution in [2.75, 3.05) is 64.0 Å². The summed E-state index contributed by atoms with van der Waals surface area (Å²) in [5, 5.41) is 6.62. The standard InChI is InChI=1S/C17H32N6O.2C2H6/c1-14-15(6-5-9-23-10-12-24-13-11-23)16(22-17(18)21-14)20-8-4-3-7-19-2;2*1-2/h19H,3-13H2,1-2H3,(H3,18,20,21,22);2*1-2H3. The van der Waals surface area contributed by atoms with Gasteiger partial charge in [0.2, 0.25) is 5.95 Å². The summed E-state index contributed by atoms with van der Waals surface area (Å²) >= 11 is 0. The molecule has 4 N–H and O–H groups in total. The lowest BCUT2D eigenvalue weighted by Crippen LogP contribution is -2.37. The predicted octanol–water partition coefficient (Wildman–Crippen LogP) is 3.10. The average molecular weight is 397 g/mol. The van der Waals surface area contributed by atoms with Gasteiger partial charge in [-0.2, -0.15) is 4.98 Å². The van der Waals surface area contributed by atoms with Gasteiger partial charge in [-0.15, -0.1) is 0 Å². The number of nitrogens with two attached hydrogens (primary N) is 1. The minimum Gasteiger partial charge on any atom is -0.379 e. The van der Waals surface area contributed by atoms with Gasteiger partial charge in [0, 0.05) is 30.9 Å². The van der Waals surface area contributed by atoms with Gasteiger partial charge in [0.25, 0.3) is 0 Å². The molecule has 2 heterocycles. The van der Waals surface area contributed by atoms with Crippen LogP contribution >= 0.6 is 0 Å². The van der Waals surface area contributed by atoms with E-state index in [1.165, 1.54) is 5.56 Å². The molecule has 164 valence electrons. The van der Waals surface area contributed by atoms with E-state index in [4.69, 9.17) is 10.5 Å². The third kappa shape index (κ3) is 10.8. The van der Waals surface area contributed by atoms with Gasteiger partial charge < -0.3 is 21.1 Å². The molecule has 0 amide bonds. The molecule has 1 saturated heterocycles. The number of nitrogens with one attached hydrogen (secondary N) is 2. The van der Waals surface area contributed by atoms with Crippen molar-refractivity contribution in [1.29, 1.82) is 0 Å². The van der Waals surface area contributed by atoms with Crippen molar-refractivity contribution in [1.82, 2.24) is 20.2 Å². The molecule has 0 unspecified atom stereocenters. The number of nitrogens with zero attached hydrogens (tertiary/aromatic N) is 3. The first kappa shape index (κ1) is 26.6. The molecule has 0 bridgehead atoms. The first-order valence-electron chi connectivity index (χ1n) is 11.0. The molecule has 1 aliphatic rings. The highest BCUT2D eigenvalue weighted by Gasteiger charge is 2.13. The quantitative estimate of drug-likeness (QED) is 0.524. The van der Waals surface area contributed by atoms with Gasteiger partial charge in [0.15, 0.2) is 0 Å². The minimum atomic E-state index is 0.349. The number of aryl methyl sites for hydroxylation is 1. The Bertz CT molecular complexity index is 492. The van der Waals surface area contributed by atoms with E-state index < -0.39 is 0 Å². The molecule has 0 spiro atoms. The molecule has 7 heteroatoms. The number of morpholine rings is 1. The summed E-state index contributed by atoms with van der Waals surface area (Å²) in [6, 6.07) is 0. The van der Waals surface area contributed by atoms with E-state index in [0.717, 1.165) is 83.1 Å². The molecule has 28 heavy (non-hydrogen) atoms. The molecule has 1 aliphatic heterocycles. The first-order chi connectivity index (χ1) is 13.7. The van der Waals surface area contributed by atoms with Crippen molar-refractivity contribution in [3.8, 4) is 0 Å². The smallest absolute Gasteiger partial charge is 0.222 e. The van der Waals surface area contributed by atoms with Crippen molar-refractivity contribution in [2.45, 2.75) is 60.3 Å². The van der Waals surface area contributed by atoms with Crippen LogP contribution in [0.3, 0.4) is 0 Å². The highest BCUT2D eigenvalue weighted by molar-refractivity contribution is 5.49. The van der Waals surface area contributed by atoms with Gasteiger partial charge in [-0.05, 0) is 52.7 Å². The Kier molecular flexibility index (Phi) is 16.7. The topological polar surface area (TPSA) is 88.3 Å². The monoisotopic (exact) mass is 396 g/mol. The van der Waals surface area contributed by atoms with Crippen LogP contribution in [0.2, 0.25) is 0 Å². The van der Waals surface area contributed by atoms with Crippen LogP contribution in [-0.4, -0.2) is 67.9 Å². The zero-order chi connectivity index (χ0) is 21.2. The van der Waals surface area contributed by atoms with Crippen LogP contribution in [0.5, 0.6) is 0 Å². The van der Waals surface area contributed by atoms with E-state index in [9.17, 15) is 0 Å². The number of ether oxygens (including phenoxy) is 1. The van der Waals surface area contributed by atoms with Crippen LogP contribution < -0.4 is 16.4 Å². The second-order valence-corrected chi connectivity index (χ2v) is 6.29. The summed E-state index contributed by atoms with van der Waals surface area (Å²) in [5.74, 6) is 1.26. The maximum Gasteiger partial charge on any atom is 0.222 e. The Hall–Kier alpha value is -1.44. The van der Waals surface area contributed by atoms with E-state index in [2.05, 4.69) is 25.5 Å². The largest absolute Gasteiger partial charge is 0.379 e. The maximum absolute atomic E-state index is 5.83. The summed E-state index contributed by atoms with van der Waals surface area (Å²) in [7, 11) is 1.98. The molecule has 0 aliphatic carbocycles. The van der Waals surface area contributed by atoms with Gasteiger partial charge >= 0.3 is 0 Å². The first-order valence-corrected chi connectivity index (χ1v) is 11.0. The molecule has 2 rings (SSSR count). The fourth-order valence-electron chi connectivity index (χ4n) is 3.00. The second kappa shape index (κ2) is 17.6. The fourth-order valence-corrected chi connectivity index (χ4v) is 3.00. The molecule has 1 aromatic rings. The van der Waals surface area contributed by atoms with Gasteiger partial charge in [0.1, 0.15) is 5.82 Å². The summed E-state index contributed by atoms with van der Waals surface area (Å²) in [4.78, 5) is 11.2. The number of rotatable bonds is 10. The third-order valence-corrected chi connectivity index (χ3v) is 4.38. The van der Waals surface area contributed by atoms with E-state index in [0.29, 0.717) is 5.95 Å². The van der Waals surface area contributed by atoms with E-state index in [-0.39, 0.29) is 0 Å². The Morgan fingerprint density at radius 1 is 1.00 bits per heavy atom. The van der Waals surface area contributed by atoms with Gasteiger partial charge in [0.05, 0.1) is 13.2 Å². The van der Waals surface area contributed by atoms with E-state index >= 15 is 0 Å². The second-order valence-electron chi connectivity index (χ2n) is 6.29. The zero-order valence-corrected chi connectivity index (χ0v) is 19.1. The van der Waals surface area contributed by atoms with Crippen LogP contribution in [-0.2, 0) is 11.2 Å². The number of hydrogen-bond donors (Lipinski definition) is 3. The molecule has 7 nitrogen and oxygen atoms in total. The number of hydrogen-bond acceptors (Lipinski definition) is 7. The van der Waals surface area contributed by atoms with Gasteiger partial charge in [-0.25, -0.2) is 4.98 Å². The Morgan fingerprint density at radius 3 is 2.29 bits per heavy atom. The van der Waals surface area contributed by atoms with Crippen LogP contribution in [0, 0.1) is 6.92 Å². The SMILES string of the molecule is CC.CC.CNCCCCNc1nc(N)nc(C)c1CCCN1CCOCC1. The lowest BCUT2D eigenvalue weighted by Gasteiger charge is -2.26. The fraction of sp³-hybridized carbons (Fsp3) is 0.810. The summed E-state index contributed by atoms with van der Waals surface area (Å²) < 4.78 is 5.40. The zero-order valence-electron chi connectivity index (χ0n) is 19.1. The van der Waals surface area contributed by atoms with E-state index in [1.807, 2.05) is 41.7 Å². The molecule has 0 saturated carbocycles. The van der Waals surface area contributed by atoms with E-state index in [1.54, 1.807) is 0 Å². The van der Waals surface area contributed by atoms with Crippen molar-refractivity contribution < 1.29 is 4.74 Å². The Morgan fingerprint density at radius 2 is 1.64 bits per heavy atom. The predicted molar refractivity (Wildman–Crippen MR) is 121 cm³/mol. The molecule has 0 radical (unpaired) electrons. The molecular formula is C21H44N6O. The van der Waals surface area contributed by atoms with Gasteiger partial charge in [-0.3, -0.25) is 4.90 Å². The molecule has 0 atom stereocenters. The summed E-state index contributed by atoms with van der Waals surface area (Å²) in [5.41, 5.74) is 8.02. The number of anilines is 2. The Labute approximate surface area is 172 Å². The summed E-state index contributed by atoms with van der Waals surface area (Å²) in [6.45, 7) is 16.8. The molecular weight excluding hydrogens is 352 g/mol. The molecule has 0 aromatic carbocycles.